The van der Waals surface area contributed by atoms with Gasteiger partial charge >= 0.3 is 0 Å². The Balaban J connectivity index is 1.70. The Morgan fingerprint density at radius 2 is 2.44 bits per heavy atom. The highest BCUT2D eigenvalue weighted by molar-refractivity contribution is 5.93. The first-order valence-corrected chi connectivity index (χ1v) is 6.59. The van der Waals surface area contributed by atoms with Crippen LogP contribution in [0.15, 0.2) is 24.5 Å². The largest absolute Gasteiger partial charge is 0.373 e. The molecule has 0 aromatic carbocycles. The van der Waals surface area contributed by atoms with E-state index in [-0.39, 0.29) is 12.0 Å². The SMILES string of the molecule is C[C@H]1C[C@@H]2CCN(C(=O)c3cccnc3)C[C@H]2O1. The second kappa shape index (κ2) is 4.69. The van der Waals surface area contributed by atoms with Crippen LogP contribution in [0.2, 0.25) is 0 Å². The van der Waals surface area contributed by atoms with Gasteiger partial charge in [-0.25, -0.2) is 0 Å². The minimum Gasteiger partial charge on any atom is -0.373 e. The van der Waals surface area contributed by atoms with Gasteiger partial charge in [0.25, 0.3) is 5.91 Å². The minimum absolute atomic E-state index is 0.0738. The average Bonchev–Trinajstić information content (AvgIpc) is 2.78. The van der Waals surface area contributed by atoms with E-state index in [4.69, 9.17) is 4.74 Å². The van der Waals surface area contributed by atoms with Gasteiger partial charge in [-0.05, 0) is 37.8 Å². The predicted molar refractivity (Wildman–Crippen MR) is 67.2 cm³/mol. The van der Waals surface area contributed by atoms with Gasteiger partial charge in [-0.1, -0.05) is 0 Å². The van der Waals surface area contributed by atoms with E-state index in [1.165, 1.54) is 0 Å². The number of amides is 1. The lowest BCUT2D eigenvalue weighted by Crippen LogP contribution is -2.45. The van der Waals surface area contributed by atoms with Gasteiger partial charge in [-0.3, -0.25) is 9.78 Å². The summed E-state index contributed by atoms with van der Waals surface area (Å²) in [4.78, 5) is 18.2. The second-order valence-electron chi connectivity index (χ2n) is 5.26. The zero-order valence-corrected chi connectivity index (χ0v) is 10.6. The van der Waals surface area contributed by atoms with Crippen LogP contribution in [-0.2, 0) is 4.74 Å². The number of piperidine rings is 1. The normalized spacial score (nSPS) is 31.2. The Hall–Kier alpha value is -1.42. The molecule has 1 aromatic heterocycles. The van der Waals surface area contributed by atoms with Crippen LogP contribution in [0.1, 0.15) is 30.1 Å². The average molecular weight is 246 g/mol. The fraction of sp³-hybridized carbons (Fsp3) is 0.571. The quantitative estimate of drug-likeness (QED) is 0.757. The summed E-state index contributed by atoms with van der Waals surface area (Å²) in [5.41, 5.74) is 0.669. The van der Waals surface area contributed by atoms with Crippen molar-refractivity contribution in [3.8, 4) is 0 Å². The van der Waals surface area contributed by atoms with Crippen LogP contribution in [0.5, 0.6) is 0 Å². The molecule has 0 aliphatic carbocycles. The maximum Gasteiger partial charge on any atom is 0.255 e. The number of likely N-dealkylation sites (tertiary alicyclic amines) is 1. The zero-order valence-electron chi connectivity index (χ0n) is 10.6. The molecule has 3 rings (SSSR count). The van der Waals surface area contributed by atoms with Gasteiger partial charge in [0.2, 0.25) is 0 Å². The Morgan fingerprint density at radius 3 is 3.22 bits per heavy atom. The van der Waals surface area contributed by atoms with Crippen LogP contribution < -0.4 is 0 Å². The van der Waals surface area contributed by atoms with Crippen LogP contribution >= 0.6 is 0 Å². The molecule has 2 saturated heterocycles. The summed E-state index contributed by atoms with van der Waals surface area (Å²) in [7, 11) is 0. The molecule has 2 aliphatic rings. The molecule has 3 atom stereocenters. The molecule has 0 N–H and O–H groups in total. The van der Waals surface area contributed by atoms with E-state index in [1.54, 1.807) is 18.5 Å². The van der Waals surface area contributed by atoms with Gasteiger partial charge in [-0.2, -0.15) is 0 Å². The van der Waals surface area contributed by atoms with E-state index >= 15 is 0 Å². The van der Waals surface area contributed by atoms with Crippen LogP contribution in [0, 0.1) is 5.92 Å². The Labute approximate surface area is 107 Å². The van der Waals surface area contributed by atoms with Crippen molar-refractivity contribution in [3.63, 3.8) is 0 Å². The van der Waals surface area contributed by atoms with E-state index < -0.39 is 0 Å². The molecule has 0 spiro atoms. The summed E-state index contributed by atoms with van der Waals surface area (Å²) in [6, 6.07) is 3.62. The number of aromatic nitrogens is 1. The zero-order chi connectivity index (χ0) is 12.5. The fourth-order valence-electron chi connectivity index (χ4n) is 3.03. The van der Waals surface area contributed by atoms with Crippen molar-refractivity contribution in [1.82, 2.24) is 9.88 Å². The fourth-order valence-corrected chi connectivity index (χ4v) is 3.03. The first-order valence-electron chi connectivity index (χ1n) is 6.59. The number of hydrogen-bond donors (Lipinski definition) is 0. The lowest BCUT2D eigenvalue weighted by molar-refractivity contribution is 0.00155. The van der Waals surface area contributed by atoms with Crippen LogP contribution in [0.3, 0.4) is 0 Å². The first kappa shape index (κ1) is 11.7. The lowest BCUT2D eigenvalue weighted by Gasteiger charge is -2.34. The number of fused-ring (bicyclic) bond motifs is 1. The molecule has 3 heterocycles. The number of rotatable bonds is 1. The summed E-state index contributed by atoms with van der Waals surface area (Å²) >= 11 is 0. The predicted octanol–water partition coefficient (Wildman–Crippen LogP) is 1.72. The molecule has 2 aliphatic heterocycles. The van der Waals surface area contributed by atoms with Gasteiger partial charge in [0.1, 0.15) is 0 Å². The monoisotopic (exact) mass is 246 g/mol. The number of carbonyl (C=O) groups excluding carboxylic acids is 1. The van der Waals surface area contributed by atoms with E-state index in [2.05, 4.69) is 11.9 Å². The smallest absolute Gasteiger partial charge is 0.255 e. The third-order valence-corrected chi connectivity index (χ3v) is 3.93. The molecule has 1 amide bonds. The van der Waals surface area contributed by atoms with Gasteiger partial charge in [0.05, 0.1) is 17.8 Å². The van der Waals surface area contributed by atoms with Gasteiger partial charge < -0.3 is 9.64 Å². The summed E-state index contributed by atoms with van der Waals surface area (Å²) in [6.45, 7) is 3.68. The van der Waals surface area contributed by atoms with Crippen molar-refractivity contribution < 1.29 is 9.53 Å². The molecule has 4 heteroatoms. The maximum absolute atomic E-state index is 12.3. The lowest BCUT2D eigenvalue weighted by atomic mass is 9.92. The van der Waals surface area contributed by atoms with Crippen molar-refractivity contribution in [2.45, 2.75) is 32.0 Å². The number of hydrogen-bond acceptors (Lipinski definition) is 3. The molecule has 0 saturated carbocycles. The van der Waals surface area contributed by atoms with E-state index in [9.17, 15) is 4.79 Å². The molecule has 4 nitrogen and oxygen atoms in total. The van der Waals surface area contributed by atoms with Crippen molar-refractivity contribution in [2.24, 2.45) is 5.92 Å². The maximum atomic E-state index is 12.3. The topological polar surface area (TPSA) is 42.4 Å². The second-order valence-corrected chi connectivity index (χ2v) is 5.26. The summed E-state index contributed by atoms with van der Waals surface area (Å²) in [5.74, 6) is 0.711. The van der Waals surface area contributed by atoms with Crippen molar-refractivity contribution in [3.05, 3.63) is 30.1 Å². The van der Waals surface area contributed by atoms with E-state index in [0.717, 1.165) is 25.9 Å². The van der Waals surface area contributed by atoms with Gasteiger partial charge in [-0.15, -0.1) is 0 Å². The Kier molecular flexibility index (Phi) is 3.04. The molecule has 96 valence electrons. The van der Waals surface area contributed by atoms with Crippen molar-refractivity contribution >= 4 is 5.91 Å². The highest BCUT2D eigenvalue weighted by Gasteiger charge is 2.38. The van der Waals surface area contributed by atoms with Gasteiger partial charge in [0.15, 0.2) is 0 Å². The van der Waals surface area contributed by atoms with E-state index in [0.29, 0.717) is 17.6 Å². The molecular formula is C14H18N2O2. The van der Waals surface area contributed by atoms with Crippen molar-refractivity contribution in [1.29, 1.82) is 0 Å². The molecule has 0 bridgehead atoms. The van der Waals surface area contributed by atoms with Crippen LogP contribution in [-0.4, -0.2) is 41.1 Å². The molecule has 0 radical (unpaired) electrons. The number of pyridine rings is 1. The molecule has 2 fully saturated rings. The summed E-state index contributed by atoms with van der Waals surface area (Å²) in [6.07, 6.45) is 6.08. The molecule has 1 aromatic rings. The Morgan fingerprint density at radius 1 is 1.56 bits per heavy atom. The summed E-state index contributed by atoms with van der Waals surface area (Å²) < 4.78 is 5.87. The van der Waals surface area contributed by atoms with Crippen LogP contribution in [0.25, 0.3) is 0 Å². The number of nitrogens with zero attached hydrogens (tertiary/aromatic N) is 2. The highest BCUT2D eigenvalue weighted by atomic mass is 16.5. The third kappa shape index (κ3) is 2.12. The number of carbonyl (C=O) groups is 1. The van der Waals surface area contributed by atoms with Crippen molar-refractivity contribution in [2.75, 3.05) is 13.1 Å². The highest BCUT2D eigenvalue weighted by Crippen LogP contribution is 2.33. The standard InChI is InChI=1S/C14H18N2O2/c1-10-7-11-4-6-16(9-13(11)18-10)14(17)12-3-2-5-15-8-12/h2-3,5,8,10-11,13H,4,6-7,9H2,1H3/t10-,11-,13+/m0/s1. The molecule has 18 heavy (non-hydrogen) atoms. The number of ether oxygens (including phenoxy) is 1. The molecule has 0 unspecified atom stereocenters. The Bertz CT molecular complexity index is 435. The molecular weight excluding hydrogens is 228 g/mol. The van der Waals surface area contributed by atoms with Gasteiger partial charge in [0, 0.05) is 25.5 Å². The first-order chi connectivity index (χ1) is 8.74. The van der Waals surface area contributed by atoms with E-state index in [1.807, 2.05) is 11.0 Å². The summed E-state index contributed by atoms with van der Waals surface area (Å²) in [5, 5.41) is 0. The van der Waals surface area contributed by atoms with Crippen LogP contribution in [0.4, 0.5) is 0 Å². The third-order valence-electron chi connectivity index (χ3n) is 3.93. The minimum atomic E-state index is 0.0738.